The average Bonchev–Trinajstić information content (AvgIpc) is 3.21. The molecule has 1 aliphatic heterocycles. The summed E-state index contributed by atoms with van der Waals surface area (Å²) in [5, 5.41) is 9.65. The molecular formula is C14H20N4O2. The highest BCUT2D eigenvalue weighted by atomic mass is 16.2. The fraction of sp³-hybridized carbons (Fsp3) is 0.643. The third-order valence-corrected chi connectivity index (χ3v) is 4.14. The molecular weight excluding hydrogens is 256 g/mol. The Morgan fingerprint density at radius 3 is 2.55 bits per heavy atom. The van der Waals surface area contributed by atoms with Crippen LogP contribution in [0.3, 0.4) is 0 Å². The lowest BCUT2D eigenvalue weighted by molar-refractivity contribution is -0.133. The number of H-pyrrole nitrogens is 1. The molecule has 0 radical (unpaired) electrons. The van der Waals surface area contributed by atoms with Gasteiger partial charge in [-0.05, 0) is 32.6 Å². The van der Waals surface area contributed by atoms with Crippen LogP contribution in [0.2, 0.25) is 0 Å². The Bertz CT molecular complexity index is 513. The number of aromatic amines is 1. The molecule has 6 heteroatoms. The molecule has 1 saturated heterocycles. The molecule has 1 aromatic rings. The molecule has 108 valence electrons. The number of carbonyl (C=O) groups excluding carboxylic acids is 2. The van der Waals surface area contributed by atoms with Gasteiger partial charge in [0, 0.05) is 30.7 Å². The Kier molecular flexibility index (Phi) is 3.46. The van der Waals surface area contributed by atoms with Crippen LogP contribution in [0.5, 0.6) is 0 Å². The summed E-state index contributed by atoms with van der Waals surface area (Å²) in [6, 6.07) is 0.153. The topological polar surface area (TPSA) is 78.1 Å². The van der Waals surface area contributed by atoms with Gasteiger partial charge in [0.05, 0.1) is 11.8 Å². The van der Waals surface area contributed by atoms with E-state index in [-0.39, 0.29) is 17.9 Å². The summed E-state index contributed by atoms with van der Waals surface area (Å²) in [5.74, 6) is 0.512. The van der Waals surface area contributed by atoms with Crippen LogP contribution in [-0.2, 0) is 4.79 Å². The Balaban J connectivity index is 1.50. The summed E-state index contributed by atoms with van der Waals surface area (Å²) in [6.07, 6.45) is 5.32. The number of carbonyl (C=O) groups is 2. The van der Waals surface area contributed by atoms with Gasteiger partial charge in [-0.1, -0.05) is 0 Å². The summed E-state index contributed by atoms with van der Waals surface area (Å²) in [7, 11) is 0. The fourth-order valence-corrected chi connectivity index (χ4v) is 2.68. The van der Waals surface area contributed by atoms with Crippen molar-refractivity contribution in [1.82, 2.24) is 20.4 Å². The smallest absolute Gasteiger partial charge is 0.254 e. The minimum Gasteiger partial charge on any atom is -0.349 e. The second-order valence-electron chi connectivity index (χ2n) is 5.76. The van der Waals surface area contributed by atoms with Crippen LogP contribution in [0.1, 0.15) is 41.7 Å². The quantitative estimate of drug-likeness (QED) is 0.859. The van der Waals surface area contributed by atoms with Crippen molar-refractivity contribution in [2.75, 3.05) is 13.1 Å². The SMILES string of the molecule is Cc1[nH]ncc1C(=O)NC1CCN(C(=O)C2CC2)CC1. The van der Waals surface area contributed by atoms with Crippen LogP contribution in [0.15, 0.2) is 6.20 Å². The normalized spacial score (nSPS) is 19.9. The molecule has 0 spiro atoms. The van der Waals surface area contributed by atoms with E-state index in [2.05, 4.69) is 15.5 Å². The van der Waals surface area contributed by atoms with Crippen LogP contribution < -0.4 is 5.32 Å². The van der Waals surface area contributed by atoms with Gasteiger partial charge >= 0.3 is 0 Å². The van der Waals surface area contributed by atoms with E-state index in [1.54, 1.807) is 6.20 Å². The maximum Gasteiger partial charge on any atom is 0.254 e. The van der Waals surface area contributed by atoms with E-state index >= 15 is 0 Å². The number of hydrogen-bond acceptors (Lipinski definition) is 3. The second-order valence-corrected chi connectivity index (χ2v) is 5.76. The molecule has 1 aromatic heterocycles. The van der Waals surface area contributed by atoms with Gasteiger partial charge in [-0.15, -0.1) is 0 Å². The van der Waals surface area contributed by atoms with Crippen LogP contribution in [0.4, 0.5) is 0 Å². The molecule has 0 atom stereocenters. The number of rotatable bonds is 3. The largest absolute Gasteiger partial charge is 0.349 e. The van der Waals surface area contributed by atoms with Gasteiger partial charge in [-0.2, -0.15) is 5.10 Å². The lowest BCUT2D eigenvalue weighted by Gasteiger charge is -2.32. The van der Waals surface area contributed by atoms with Gasteiger partial charge < -0.3 is 10.2 Å². The average molecular weight is 276 g/mol. The summed E-state index contributed by atoms with van der Waals surface area (Å²) in [6.45, 7) is 3.34. The van der Waals surface area contributed by atoms with Crippen molar-refractivity contribution in [2.24, 2.45) is 5.92 Å². The van der Waals surface area contributed by atoms with E-state index in [0.29, 0.717) is 11.5 Å². The van der Waals surface area contributed by atoms with Gasteiger partial charge in [-0.25, -0.2) is 0 Å². The van der Waals surface area contributed by atoms with Crippen LogP contribution in [-0.4, -0.2) is 46.0 Å². The number of amides is 2. The van der Waals surface area contributed by atoms with Crippen LogP contribution in [0, 0.1) is 12.8 Å². The Labute approximate surface area is 117 Å². The summed E-state index contributed by atoms with van der Waals surface area (Å²) in [5.41, 5.74) is 1.38. The standard InChI is InChI=1S/C14H20N4O2/c1-9-12(8-15-17-9)13(19)16-11-4-6-18(7-5-11)14(20)10-2-3-10/h8,10-11H,2-7H2,1H3,(H,15,17)(H,16,19). The zero-order valence-electron chi connectivity index (χ0n) is 11.7. The van der Waals surface area contributed by atoms with E-state index in [4.69, 9.17) is 0 Å². The van der Waals surface area contributed by atoms with Gasteiger partial charge in [0.1, 0.15) is 0 Å². The number of nitrogens with one attached hydrogen (secondary N) is 2. The summed E-state index contributed by atoms with van der Waals surface area (Å²) >= 11 is 0. The van der Waals surface area contributed by atoms with Crippen LogP contribution in [0.25, 0.3) is 0 Å². The van der Waals surface area contributed by atoms with Gasteiger partial charge in [-0.3, -0.25) is 14.7 Å². The molecule has 0 unspecified atom stereocenters. The van der Waals surface area contributed by atoms with Crippen molar-refractivity contribution in [3.8, 4) is 0 Å². The minimum absolute atomic E-state index is 0.0804. The highest BCUT2D eigenvalue weighted by Gasteiger charge is 2.35. The minimum atomic E-state index is -0.0804. The van der Waals surface area contributed by atoms with Crippen molar-refractivity contribution < 1.29 is 9.59 Å². The van der Waals surface area contributed by atoms with Gasteiger partial charge in [0.25, 0.3) is 5.91 Å². The van der Waals surface area contributed by atoms with Crippen molar-refractivity contribution in [3.05, 3.63) is 17.5 Å². The molecule has 1 saturated carbocycles. The number of aromatic nitrogens is 2. The van der Waals surface area contributed by atoms with Crippen LogP contribution >= 0.6 is 0 Å². The zero-order valence-corrected chi connectivity index (χ0v) is 11.7. The lowest BCUT2D eigenvalue weighted by atomic mass is 10.0. The van der Waals surface area contributed by atoms with Crippen molar-refractivity contribution in [2.45, 2.75) is 38.6 Å². The monoisotopic (exact) mass is 276 g/mol. The first kappa shape index (κ1) is 13.1. The molecule has 3 rings (SSSR count). The number of hydrogen-bond donors (Lipinski definition) is 2. The van der Waals surface area contributed by atoms with Gasteiger partial charge in [0.2, 0.25) is 5.91 Å². The Morgan fingerprint density at radius 1 is 1.30 bits per heavy atom. The predicted octanol–water partition coefficient (Wildman–Crippen LogP) is 0.849. The summed E-state index contributed by atoms with van der Waals surface area (Å²) < 4.78 is 0. The van der Waals surface area contributed by atoms with E-state index in [0.717, 1.165) is 44.5 Å². The number of nitrogens with zero attached hydrogens (tertiary/aromatic N) is 2. The molecule has 20 heavy (non-hydrogen) atoms. The molecule has 2 N–H and O–H groups in total. The Hall–Kier alpha value is -1.85. The molecule has 2 fully saturated rings. The van der Waals surface area contributed by atoms with E-state index < -0.39 is 0 Å². The first-order valence-electron chi connectivity index (χ1n) is 7.25. The Morgan fingerprint density at radius 2 is 2.00 bits per heavy atom. The molecule has 0 bridgehead atoms. The first-order valence-corrected chi connectivity index (χ1v) is 7.25. The number of likely N-dealkylation sites (tertiary alicyclic amines) is 1. The molecule has 1 aliphatic carbocycles. The van der Waals surface area contributed by atoms with Crippen molar-refractivity contribution in [3.63, 3.8) is 0 Å². The number of piperidine rings is 1. The maximum atomic E-state index is 12.1. The molecule has 2 amide bonds. The van der Waals surface area contributed by atoms with E-state index in [9.17, 15) is 9.59 Å². The maximum absolute atomic E-state index is 12.1. The fourth-order valence-electron chi connectivity index (χ4n) is 2.68. The molecule has 2 aliphatic rings. The highest BCUT2D eigenvalue weighted by Crippen LogP contribution is 2.31. The zero-order chi connectivity index (χ0) is 14.1. The molecule has 0 aromatic carbocycles. The first-order chi connectivity index (χ1) is 9.65. The summed E-state index contributed by atoms with van der Waals surface area (Å²) in [4.78, 5) is 26.0. The highest BCUT2D eigenvalue weighted by molar-refractivity contribution is 5.95. The second kappa shape index (κ2) is 5.26. The van der Waals surface area contributed by atoms with Crippen molar-refractivity contribution >= 4 is 11.8 Å². The molecule has 2 heterocycles. The van der Waals surface area contributed by atoms with E-state index in [1.165, 1.54) is 0 Å². The van der Waals surface area contributed by atoms with Gasteiger partial charge in [0.15, 0.2) is 0 Å². The third-order valence-electron chi connectivity index (χ3n) is 4.14. The lowest BCUT2D eigenvalue weighted by Crippen LogP contribution is -2.47. The van der Waals surface area contributed by atoms with E-state index in [1.807, 2.05) is 11.8 Å². The predicted molar refractivity (Wildman–Crippen MR) is 73.1 cm³/mol. The molecule has 6 nitrogen and oxygen atoms in total. The number of aryl methyl sites for hydroxylation is 1. The third kappa shape index (κ3) is 2.69. The van der Waals surface area contributed by atoms with Crippen molar-refractivity contribution in [1.29, 1.82) is 0 Å².